The quantitative estimate of drug-likeness (QED) is 0.647. The van der Waals surface area contributed by atoms with E-state index in [2.05, 4.69) is 5.32 Å². The third-order valence-electron chi connectivity index (χ3n) is 1.90. The van der Waals surface area contributed by atoms with Crippen molar-refractivity contribution in [3.8, 4) is 0 Å². The number of carbonyl (C=O) groups excluding carboxylic acids is 1. The van der Waals surface area contributed by atoms with Crippen molar-refractivity contribution in [3.05, 3.63) is 29.6 Å². The summed E-state index contributed by atoms with van der Waals surface area (Å²) in [6, 6.07) is 2.19. The molecule has 1 rings (SSSR count). The highest BCUT2D eigenvalue weighted by Crippen LogP contribution is 2.33. The third-order valence-corrected chi connectivity index (χ3v) is 2.10. The average molecular weight is 270 g/mol. The molecule has 1 aromatic rings. The molecule has 0 bridgehead atoms. The summed E-state index contributed by atoms with van der Waals surface area (Å²) in [6.07, 6.45) is -4.81. The molecule has 0 aliphatic heterocycles. The SMILES string of the molecule is C[C@@H](Cl)C(=O)Nc1ccc(F)c(C(F)(F)F)c1. The molecule has 17 heavy (non-hydrogen) atoms. The van der Waals surface area contributed by atoms with Crippen LogP contribution in [0.5, 0.6) is 0 Å². The van der Waals surface area contributed by atoms with E-state index in [1.165, 1.54) is 6.92 Å². The second kappa shape index (κ2) is 4.91. The Bertz CT molecular complexity index is 431. The van der Waals surface area contributed by atoms with Gasteiger partial charge in [-0.05, 0) is 25.1 Å². The Kier molecular flexibility index (Phi) is 3.98. The standard InChI is InChI=1S/C10H8ClF4NO/c1-5(11)9(17)16-6-2-3-8(12)7(4-6)10(13,14)15/h2-5H,1H3,(H,16,17)/t5-/m1/s1. The minimum atomic E-state index is -4.81. The normalized spacial score (nSPS) is 13.3. The highest BCUT2D eigenvalue weighted by molar-refractivity contribution is 6.32. The lowest BCUT2D eigenvalue weighted by Crippen LogP contribution is -2.20. The molecule has 0 unspecified atom stereocenters. The Morgan fingerprint density at radius 1 is 1.41 bits per heavy atom. The first-order chi connectivity index (χ1) is 7.71. The molecular formula is C10H8ClF4NO. The van der Waals surface area contributed by atoms with E-state index in [0.717, 1.165) is 6.07 Å². The van der Waals surface area contributed by atoms with Gasteiger partial charge in [0.1, 0.15) is 11.2 Å². The van der Waals surface area contributed by atoms with Crippen LogP contribution in [0, 0.1) is 5.82 Å². The van der Waals surface area contributed by atoms with Gasteiger partial charge in [-0.3, -0.25) is 4.79 Å². The topological polar surface area (TPSA) is 29.1 Å². The first-order valence-electron chi connectivity index (χ1n) is 4.53. The first kappa shape index (κ1) is 13.8. The molecule has 2 nitrogen and oxygen atoms in total. The Balaban J connectivity index is 3.01. The van der Waals surface area contributed by atoms with Crippen molar-refractivity contribution in [1.82, 2.24) is 0 Å². The van der Waals surface area contributed by atoms with Crippen molar-refractivity contribution in [2.24, 2.45) is 0 Å². The Hall–Kier alpha value is -1.30. The molecule has 0 aromatic heterocycles. The first-order valence-corrected chi connectivity index (χ1v) is 4.97. The van der Waals surface area contributed by atoms with Crippen LogP contribution in [0.4, 0.5) is 23.2 Å². The second-order valence-electron chi connectivity index (χ2n) is 3.30. The molecule has 1 aromatic carbocycles. The van der Waals surface area contributed by atoms with E-state index < -0.39 is 28.8 Å². The van der Waals surface area contributed by atoms with Crippen LogP contribution in [0.2, 0.25) is 0 Å². The maximum absolute atomic E-state index is 12.9. The number of hydrogen-bond donors (Lipinski definition) is 1. The molecule has 0 aliphatic rings. The van der Waals surface area contributed by atoms with E-state index in [9.17, 15) is 22.4 Å². The Morgan fingerprint density at radius 2 is 2.00 bits per heavy atom. The number of anilines is 1. The number of rotatable bonds is 2. The van der Waals surface area contributed by atoms with E-state index in [4.69, 9.17) is 11.6 Å². The summed E-state index contributed by atoms with van der Waals surface area (Å²) in [7, 11) is 0. The van der Waals surface area contributed by atoms with Gasteiger partial charge in [0, 0.05) is 5.69 Å². The van der Waals surface area contributed by atoms with Gasteiger partial charge in [0.05, 0.1) is 5.56 Å². The van der Waals surface area contributed by atoms with Gasteiger partial charge < -0.3 is 5.32 Å². The summed E-state index contributed by atoms with van der Waals surface area (Å²) < 4.78 is 49.9. The molecule has 0 heterocycles. The van der Waals surface area contributed by atoms with Gasteiger partial charge >= 0.3 is 6.18 Å². The van der Waals surface area contributed by atoms with Gasteiger partial charge in [0.2, 0.25) is 5.91 Å². The minimum Gasteiger partial charge on any atom is -0.325 e. The molecule has 0 radical (unpaired) electrons. The number of benzene rings is 1. The van der Waals surface area contributed by atoms with Gasteiger partial charge in [-0.25, -0.2) is 4.39 Å². The fourth-order valence-electron chi connectivity index (χ4n) is 1.06. The number of nitrogens with one attached hydrogen (secondary N) is 1. The zero-order valence-corrected chi connectivity index (χ0v) is 9.36. The highest BCUT2D eigenvalue weighted by atomic mass is 35.5. The molecule has 0 spiro atoms. The van der Waals surface area contributed by atoms with Crippen LogP contribution >= 0.6 is 11.6 Å². The molecule has 7 heteroatoms. The van der Waals surface area contributed by atoms with Gasteiger partial charge in [0.15, 0.2) is 0 Å². The number of hydrogen-bond acceptors (Lipinski definition) is 1. The van der Waals surface area contributed by atoms with Crippen molar-refractivity contribution in [1.29, 1.82) is 0 Å². The van der Waals surface area contributed by atoms with Crippen LogP contribution in [0.3, 0.4) is 0 Å². The predicted octanol–water partition coefficient (Wildman–Crippen LogP) is 3.41. The van der Waals surface area contributed by atoms with Crippen LogP contribution in [0.1, 0.15) is 12.5 Å². The number of amides is 1. The minimum absolute atomic E-state index is 0.156. The summed E-state index contributed by atoms with van der Waals surface area (Å²) in [6.45, 7) is 1.37. The molecular weight excluding hydrogens is 262 g/mol. The van der Waals surface area contributed by atoms with Crippen LogP contribution in [-0.4, -0.2) is 11.3 Å². The van der Waals surface area contributed by atoms with Crippen molar-refractivity contribution < 1.29 is 22.4 Å². The van der Waals surface area contributed by atoms with Crippen molar-refractivity contribution in [3.63, 3.8) is 0 Å². The number of halogens is 5. The zero-order valence-electron chi connectivity index (χ0n) is 8.61. The molecule has 0 saturated heterocycles. The summed E-state index contributed by atoms with van der Waals surface area (Å²) in [4.78, 5) is 11.1. The van der Waals surface area contributed by atoms with Crippen molar-refractivity contribution in [2.45, 2.75) is 18.5 Å². The van der Waals surface area contributed by atoms with E-state index in [0.29, 0.717) is 12.1 Å². The number of alkyl halides is 4. The van der Waals surface area contributed by atoms with E-state index in [1.54, 1.807) is 0 Å². The number of carbonyl (C=O) groups is 1. The fourth-order valence-corrected chi connectivity index (χ4v) is 1.12. The van der Waals surface area contributed by atoms with Gasteiger partial charge in [0.25, 0.3) is 0 Å². The molecule has 94 valence electrons. The zero-order chi connectivity index (χ0) is 13.2. The van der Waals surface area contributed by atoms with E-state index >= 15 is 0 Å². The van der Waals surface area contributed by atoms with Gasteiger partial charge in [-0.15, -0.1) is 11.6 Å². The highest BCUT2D eigenvalue weighted by Gasteiger charge is 2.34. The summed E-state index contributed by atoms with van der Waals surface area (Å²) in [5.74, 6) is -2.05. The van der Waals surface area contributed by atoms with Crippen LogP contribution < -0.4 is 5.32 Å². The maximum Gasteiger partial charge on any atom is 0.419 e. The average Bonchev–Trinajstić information content (AvgIpc) is 2.19. The molecule has 1 atom stereocenters. The lowest BCUT2D eigenvalue weighted by molar-refractivity contribution is -0.140. The Morgan fingerprint density at radius 3 is 2.47 bits per heavy atom. The summed E-state index contributed by atoms with van der Waals surface area (Å²) in [5, 5.41) is 1.25. The summed E-state index contributed by atoms with van der Waals surface area (Å²) in [5.41, 5.74) is -1.59. The smallest absolute Gasteiger partial charge is 0.325 e. The van der Waals surface area contributed by atoms with Gasteiger partial charge in [-0.1, -0.05) is 0 Å². The van der Waals surface area contributed by atoms with Crippen molar-refractivity contribution >= 4 is 23.2 Å². The van der Waals surface area contributed by atoms with E-state index in [-0.39, 0.29) is 5.69 Å². The fraction of sp³-hybridized carbons (Fsp3) is 0.300. The second-order valence-corrected chi connectivity index (χ2v) is 3.95. The van der Waals surface area contributed by atoms with Crippen molar-refractivity contribution in [2.75, 3.05) is 5.32 Å². The maximum atomic E-state index is 12.9. The lowest BCUT2D eigenvalue weighted by Gasteiger charge is -2.11. The largest absolute Gasteiger partial charge is 0.419 e. The monoisotopic (exact) mass is 269 g/mol. The summed E-state index contributed by atoms with van der Waals surface area (Å²) >= 11 is 5.43. The molecule has 0 saturated carbocycles. The van der Waals surface area contributed by atoms with E-state index in [1.807, 2.05) is 0 Å². The Labute approximate surface area is 99.6 Å². The lowest BCUT2D eigenvalue weighted by atomic mass is 10.2. The molecule has 1 N–H and O–H groups in total. The van der Waals surface area contributed by atoms with Crippen LogP contribution in [0.25, 0.3) is 0 Å². The van der Waals surface area contributed by atoms with Crippen LogP contribution in [-0.2, 0) is 11.0 Å². The van der Waals surface area contributed by atoms with Crippen LogP contribution in [0.15, 0.2) is 18.2 Å². The van der Waals surface area contributed by atoms with Gasteiger partial charge in [-0.2, -0.15) is 13.2 Å². The third kappa shape index (κ3) is 3.59. The molecule has 1 amide bonds. The molecule has 0 aliphatic carbocycles. The predicted molar refractivity (Wildman–Crippen MR) is 55.3 cm³/mol. The molecule has 0 fully saturated rings.